The first-order valence-electron chi connectivity index (χ1n) is 5.14. The Morgan fingerprint density at radius 3 is 3.12 bits per heavy atom. The molecule has 5 heteroatoms. The number of nitrogens with zero attached hydrogens (tertiary/aromatic N) is 2. The summed E-state index contributed by atoms with van der Waals surface area (Å²) in [6, 6.07) is 4.33. The van der Waals surface area contributed by atoms with E-state index in [-0.39, 0.29) is 12.4 Å². The third kappa shape index (κ3) is 1.35. The fourth-order valence-corrected chi connectivity index (χ4v) is 2.13. The van der Waals surface area contributed by atoms with E-state index in [1.165, 1.54) is 12.1 Å². The smallest absolute Gasteiger partial charge is 0.170 e. The molecule has 0 saturated heterocycles. The van der Waals surface area contributed by atoms with Gasteiger partial charge in [-0.25, -0.2) is 4.39 Å². The molecular weight excluding hydrogens is 223 g/mol. The number of carbonyl (C=O) groups is 1. The van der Waals surface area contributed by atoms with Gasteiger partial charge in [-0.1, -0.05) is 0 Å². The number of fused-ring (bicyclic) bond motifs is 3. The van der Waals surface area contributed by atoms with Gasteiger partial charge in [-0.3, -0.25) is 9.48 Å². The van der Waals surface area contributed by atoms with Gasteiger partial charge in [-0.2, -0.15) is 5.10 Å². The Kier molecular flexibility index (Phi) is 2.01. The molecule has 1 aromatic heterocycles. The van der Waals surface area contributed by atoms with Crippen molar-refractivity contribution in [3.05, 3.63) is 35.3 Å². The number of carbonyl (C=O) groups excluding carboxylic acids is 1. The highest BCUT2D eigenvalue weighted by molar-refractivity contribution is 5.82. The summed E-state index contributed by atoms with van der Waals surface area (Å²) in [4.78, 5) is 10.9. The summed E-state index contributed by atoms with van der Waals surface area (Å²) in [7, 11) is 1.73. The maximum atomic E-state index is 13.3. The molecule has 2 heterocycles. The van der Waals surface area contributed by atoms with Gasteiger partial charge >= 0.3 is 0 Å². The summed E-state index contributed by atoms with van der Waals surface area (Å²) in [5.41, 5.74) is 2.43. The summed E-state index contributed by atoms with van der Waals surface area (Å²) < 4.78 is 20.3. The molecular formula is C12H9FN2O2. The number of halogens is 1. The number of hydrogen-bond donors (Lipinski definition) is 0. The number of aromatic nitrogens is 2. The maximum absolute atomic E-state index is 13.3. The van der Waals surface area contributed by atoms with Crippen molar-refractivity contribution in [3.63, 3.8) is 0 Å². The normalized spacial score (nSPS) is 12.6. The highest BCUT2D eigenvalue weighted by Crippen LogP contribution is 2.38. The number of benzene rings is 1. The molecule has 0 spiro atoms. The zero-order valence-electron chi connectivity index (χ0n) is 9.11. The van der Waals surface area contributed by atoms with Crippen LogP contribution in [0.1, 0.15) is 16.1 Å². The first-order valence-corrected chi connectivity index (χ1v) is 5.14. The van der Waals surface area contributed by atoms with Crippen molar-refractivity contribution < 1.29 is 13.9 Å². The first-order chi connectivity index (χ1) is 8.20. The number of ether oxygens (including phenoxy) is 1. The third-order valence-corrected chi connectivity index (χ3v) is 2.86. The quantitative estimate of drug-likeness (QED) is 0.706. The molecule has 1 aromatic carbocycles. The van der Waals surface area contributed by atoms with Gasteiger partial charge in [-0.05, 0) is 18.2 Å². The highest BCUT2D eigenvalue weighted by Gasteiger charge is 2.25. The molecule has 3 rings (SSSR count). The van der Waals surface area contributed by atoms with Crippen LogP contribution < -0.4 is 4.74 Å². The van der Waals surface area contributed by atoms with Gasteiger partial charge in [0, 0.05) is 18.2 Å². The fraction of sp³-hybridized carbons (Fsp3) is 0.167. The van der Waals surface area contributed by atoms with E-state index in [1.54, 1.807) is 17.8 Å². The molecule has 0 amide bonds. The van der Waals surface area contributed by atoms with Crippen LogP contribution in [-0.2, 0) is 13.7 Å². The summed E-state index contributed by atoms with van der Waals surface area (Å²) in [5.74, 6) is 0.272. The lowest BCUT2D eigenvalue weighted by atomic mass is 10.0. The number of rotatable bonds is 1. The van der Waals surface area contributed by atoms with Crippen LogP contribution in [0.4, 0.5) is 4.39 Å². The summed E-state index contributed by atoms with van der Waals surface area (Å²) in [6.45, 7) is 0.288. The minimum absolute atomic E-state index is 0.288. The Hall–Kier alpha value is -2.17. The Balaban J connectivity index is 2.32. The summed E-state index contributed by atoms with van der Waals surface area (Å²) in [5, 5.41) is 4.09. The van der Waals surface area contributed by atoms with Gasteiger partial charge in [0.15, 0.2) is 6.29 Å². The standard InChI is InChI=1S/C12H9FN2O2/c1-15-12-8-4-7(13)2-3-11(8)17-6-9(12)10(5-16)14-15/h2-5H,6H2,1H3. The van der Waals surface area contributed by atoms with Crippen molar-refractivity contribution in [2.45, 2.75) is 6.61 Å². The Morgan fingerprint density at radius 2 is 2.35 bits per heavy atom. The molecule has 0 radical (unpaired) electrons. The van der Waals surface area contributed by atoms with Gasteiger partial charge in [0.25, 0.3) is 0 Å². The molecule has 0 bridgehead atoms. The molecule has 1 aliphatic heterocycles. The van der Waals surface area contributed by atoms with E-state index in [1.807, 2.05) is 0 Å². The molecule has 86 valence electrons. The average Bonchev–Trinajstić information content (AvgIpc) is 2.66. The lowest BCUT2D eigenvalue weighted by molar-refractivity contribution is 0.111. The second-order valence-corrected chi connectivity index (χ2v) is 3.88. The predicted molar refractivity (Wildman–Crippen MR) is 58.3 cm³/mol. The minimum Gasteiger partial charge on any atom is -0.488 e. The monoisotopic (exact) mass is 232 g/mol. The molecule has 17 heavy (non-hydrogen) atoms. The Bertz CT molecular complexity index is 619. The van der Waals surface area contributed by atoms with E-state index in [0.717, 1.165) is 5.69 Å². The number of aryl methyl sites for hydroxylation is 1. The minimum atomic E-state index is -0.339. The fourth-order valence-electron chi connectivity index (χ4n) is 2.13. The largest absolute Gasteiger partial charge is 0.488 e. The summed E-state index contributed by atoms with van der Waals surface area (Å²) >= 11 is 0. The van der Waals surface area contributed by atoms with Gasteiger partial charge in [-0.15, -0.1) is 0 Å². The second-order valence-electron chi connectivity index (χ2n) is 3.88. The number of hydrogen-bond acceptors (Lipinski definition) is 3. The van der Waals surface area contributed by atoms with Crippen molar-refractivity contribution in [1.82, 2.24) is 9.78 Å². The van der Waals surface area contributed by atoms with Crippen LogP contribution in [-0.4, -0.2) is 16.1 Å². The van der Waals surface area contributed by atoms with Crippen molar-refractivity contribution in [2.75, 3.05) is 0 Å². The molecule has 1 aliphatic rings. The molecule has 0 saturated carbocycles. The molecule has 0 unspecified atom stereocenters. The van der Waals surface area contributed by atoms with E-state index < -0.39 is 0 Å². The van der Waals surface area contributed by atoms with Crippen LogP contribution in [0.15, 0.2) is 18.2 Å². The molecule has 0 atom stereocenters. The Morgan fingerprint density at radius 1 is 1.53 bits per heavy atom. The SMILES string of the molecule is Cn1nc(C=O)c2c1-c1cc(F)ccc1OC2. The van der Waals surface area contributed by atoms with Crippen LogP contribution in [0, 0.1) is 5.82 Å². The van der Waals surface area contributed by atoms with Crippen molar-refractivity contribution in [1.29, 1.82) is 0 Å². The van der Waals surface area contributed by atoms with Crippen LogP contribution in [0.25, 0.3) is 11.3 Å². The van der Waals surface area contributed by atoms with E-state index >= 15 is 0 Å². The van der Waals surface area contributed by atoms with Gasteiger partial charge in [0.05, 0.1) is 5.69 Å². The topological polar surface area (TPSA) is 44.1 Å². The van der Waals surface area contributed by atoms with Gasteiger partial charge < -0.3 is 4.74 Å². The van der Waals surface area contributed by atoms with Crippen LogP contribution >= 0.6 is 0 Å². The van der Waals surface area contributed by atoms with Crippen LogP contribution in [0.2, 0.25) is 0 Å². The highest BCUT2D eigenvalue weighted by atomic mass is 19.1. The van der Waals surface area contributed by atoms with E-state index in [4.69, 9.17) is 4.74 Å². The van der Waals surface area contributed by atoms with E-state index in [2.05, 4.69) is 5.10 Å². The predicted octanol–water partition coefficient (Wildman–Crippen LogP) is 1.93. The molecule has 0 aliphatic carbocycles. The number of aldehydes is 1. The molecule has 0 fully saturated rings. The van der Waals surface area contributed by atoms with E-state index in [9.17, 15) is 9.18 Å². The zero-order valence-corrected chi connectivity index (χ0v) is 9.11. The summed E-state index contributed by atoms with van der Waals surface area (Å²) in [6.07, 6.45) is 0.687. The molecule has 4 nitrogen and oxygen atoms in total. The zero-order chi connectivity index (χ0) is 12.0. The van der Waals surface area contributed by atoms with Gasteiger partial charge in [0.2, 0.25) is 0 Å². The lowest BCUT2D eigenvalue weighted by Crippen LogP contribution is -2.07. The van der Waals surface area contributed by atoms with Crippen LogP contribution in [0.3, 0.4) is 0 Å². The maximum Gasteiger partial charge on any atom is 0.170 e. The van der Waals surface area contributed by atoms with Crippen molar-refractivity contribution in [3.8, 4) is 17.0 Å². The first kappa shape index (κ1) is 10.0. The Labute approximate surface area is 96.6 Å². The van der Waals surface area contributed by atoms with Crippen molar-refractivity contribution in [2.24, 2.45) is 7.05 Å². The van der Waals surface area contributed by atoms with Crippen LogP contribution in [0.5, 0.6) is 5.75 Å². The molecule has 2 aromatic rings. The second kappa shape index (κ2) is 3.41. The average molecular weight is 232 g/mol. The third-order valence-electron chi connectivity index (χ3n) is 2.86. The van der Waals surface area contributed by atoms with Crippen molar-refractivity contribution >= 4 is 6.29 Å². The lowest BCUT2D eigenvalue weighted by Gasteiger charge is -2.18. The van der Waals surface area contributed by atoms with E-state index in [0.29, 0.717) is 28.9 Å². The molecule has 0 N–H and O–H groups in total. The van der Waals surface area contributed by atoms with Gasteiger partial charge in [0.1, 0.15) is 23.9 Å².